The first-order chi connectivity index (χ1) is 19.8. The van der Waals surface area contributed by atoms with Crippen LogP contribution in [0, 0.1) is 11.3 Å². The zero-order valence-corrected chi connectivity index (χ0v) is 24.3. The highest BCUT2D eigenvalue weighted by Crippen LogP contribution is 2.33. The Hall–Kier alpha value is -4.31. The number of rotatable bonds is 3. The van der Waals surface area contributed by atoms with Crippen molar-refractivity contribution in [3.63, 3.8) is 0 Å². The molecule has 230 valence electrons. The number of benzene rings is 1. The van der Waals surface area contributed by atoms with Gasteiger partial charge in [0.1, 0.15) is 11.0 Å². The van der Waals surface area contributed by atoms with Crippen LogP contribution in [0.3, 0.4) is 0 Å². The lowest BCUT2D eigenvalue weighted by Crippen LogP contribution is -2.39. The molecule has 1 aromatic carbocycles. The maximum Gasteiger partial charge on any atom is 0.418 e. The number of amides is 1. The summed E-state index contributed by atoms with van der Waals surface area (Å²) >= 11 is 0. The Kier molecular flexibility index (Phi) is 14.3. The van der Waals surface area contributed by atoms with Crippen molar-refractivity contribution in [2.45, 2.75) is 71.3 Å². The molecule has 0 aliphatic carbocycles. The van der Waals surface area contributed by atoms with Crippen molar-refractivity contribution in [3.8, 4) is 6.07 Å². The summed E-state index contributed by atoms with van der Waals surface area (Å²) in [6, 6.07) is 8.60. The molecule has 4 rings (SSSR count). The van der Waals surface area contributed by atoms with E-state index in [1.807, 2.05) is 33.8 Å². The summed E-state index contributed by atoms with van der Waals surface area (Å²) in [5.41, 5.74) is -0.0232. The maximum atomic E-state index is 12.4. The molecule has 10 nitrogen and oxygen atoms in total. The van der Waals surface area contributed by atoms with E-state index >= 15 is 0 Å². The van der Waals surface area contributed by atoms with Gasteiger partial charge in [-0.25, -0.2) is 4.79 Å². The summed E-state index contributed by atoms with van der Waals surface area (Å²) in [7, 11) is 0. The number of anilines is 2. The molecule has 13 heteroatoms. The smallest absolute Gasteiger partial charge is 0.418 e. The molecule has 1 aliphatic rings. The molecule has 1 fully saturated rings. The van der Waals surface area contributed by atoms with Crippen LogP contribution in [0.4, 0.5) is 29.5 Å². The number of likely N-dealkylation sites (tertiary alicyclic amines) is 1. The molecule has 0 unspecified atom stereocenters. The van der Waals surface area contributed by atoms with Gasteiger partial charge in [0.15, 0.2) is 11.9 Å². The number of ether oxygens (including phenoxy) is 1. The number of aliphatic hydroxyl groups excluding tert-OH is 1. The van der Waals surface area contributed by atoms with E-state index in [1.165, 1.54) is 24.8 Å². The quantitative estimate of drug-likeness (QED) is 0.247. The molecule has 3 aromatic rings. The number of aromatic nitrogens is 3. The highest BCUT2D eigenvalue weighted by Gasteiger charge is 2.39. The maximum absolute atomic E-state index is 12.4. The number of fused-ring (bicyclic) bond motifs is 1. The Balaban J connectivity index is 0.000000392. The zero-order chi connectivity index (χ0) is 31.9. The molecular formula is C29H39F3N6O4. The van der Waals surface area contributed by atoms with Crippen molar-refractivity contribution >= 4 is 28.5 Å². The number of nitrogens with one attached hydrogen (secondary N) is 3. The number of carbonyl (C=O) groups excluding carboxylic acids is 1. The predicted molar refractivity (Wildman–Crippen MR) is 156 cm³/mol. The number of hydrogen-bond acceptors (Lipinski definition) is 7. The van der Waals surface area contributed by atoms with Crippen molar-refractivity contribution in [2.24, 2.45) is 0 Å². The minimum atomic E-state index is -4.72. The predicted octanol–water partition coefficient (Wildman–Crippen LogP) is 6.72. The van der Waals surface area contributed by atoms with Crippen molar-refractivity contribution in [1.29, 1.82) is 5.26 Å². The Morgan fingerprint density at radius 1 is 1.17 bits per heavy atom. The third-order valence-electron chi connectivity index (χ3n) is 5.45. The highest BCUT2D eigenvalue weighted by molar-refractivity contribution is 5.90. The summed E-state index contributed by atoms with van der Waals surface area (Å²) in [5, 5.41) is 26.6. The molecule has 2 aromatic heterocycles. The second-order valence-electron chi connectivity index (χ2n) is 9.90. The number of piperidine rings is 1. The largest absolute Gasteiger partial charge is 0.444 e. The number of carbonyl (C=O) groups is 1. The number of pyridine rings is 1. The van der Waals surface area contributed by atoms with Gasteiger partial charge in [-0.15, -0.1) is 13.2 Å². The van der Waals surface area contributed by atoms with Gasteiger partial charge in [-0.3, -0.25) is 9.89 Å². The van der Waals surface area contributed by atoms with Crippen molar-refractivity contribution in [1.82, 2.24) is 20.1 Å². The number of hydrogen-bond donors (Lipinski definition) is 4. The highest BCUT2D eigenvalue weighted by atomic mass is 19.4. The first-order valence-corrected chi connectivity index (χ1v) is 13.3. The molecule has 0 bridgehead atoms. The lowest BCUT2D eigenvalue weighted by molar-refractivity contribution is -0.206. The molecule has 1 aliphatic heterocycles. The van der Waals surface area contributed by atoms with Crippen LogP contribution in [0.25, 0.3) is 10.9 Å². The number of alkyl halides is 3. The van der Waals surface area contributed by atoms with Crippen molar-refractivity contribution in [3.05, 3.63) is 65.6 Å². The lowest BCUT2D eigenvalue weighted by atomic mass is 10.1. The van der Waals surface area contributed by atoms with Gasteiger partial charge < -0.3 is 25.0 Å². The minimum absolute atomic E-state index is 0.160. The third-order valence-corrected chi connectivity index (χ3v) is 5.45. The normalized spacial score (nSPS) is 13.5. The molecule has 1 amide bonds. The molecule has 42 heavy (non-hydrogen) atoms. The van der Waals surface area contributed by atoms with Gasteiger partial charge in [0.05, 0.1) is 11.6 Å². The fourth-order valence-electron chi connectivity index (χ4n) is 3.55. The average molecular weight is 593 g/mol. The second kappa shape index (κ2) is 16.8. The Morgan fingerprint density at radius 2 is 1.74 bits per heavy atom. The first kappa shape index (κ1) is 35.7. The Morgan fingerprint density at radius 3 is 2.24 bits per heavy atom. The number of aromatic amines is 2. The van der Waals surface area contributed by atoms with Crippen LogP contribution >= 0.6 is 0 Å². The molecule has 1 atom stereocenters. The van der Waals surface area contributed by atoms with Crippen LogP contribution in [0.5, 0.6) is 0 Å². The van der Waals surface area contributed by atoms with Crippen molar-refractivity contribution < 1.29 is 27.8 Å². The average Bonchev–Trinajstić information content (AvgIpc) is 3.37. The van der Waals surface area contributed by atoms with Crippen LogP contribution in [0.2, 0.25) is 0 Å². The Bertz CT molecular complexity index is 1330. The van der Waals surface area contributed by atoms with E-state index in [-0.39, 0.29) is 28.6 Å². The van der Waals surface area contributed by atoms with Gasteiger partial charge in [0.25, 0.3) is 5.56 Å². The van der Waals surface area contributed by atoms with Gasteiger partial charge in [-0.1, -0.05) is 19.1 Å². The number of nitrogens with zero attached hydrogens (tertiary/aromatic N) is 3. The van der Waals surface area contributed by atoms with Gasteiger partial charge in [-0.2, -0.15) is 23.5 Å². The topological polar surface area (TPSA) is 147 Å². The molecule has 3 heterocycles. The fourth-order valence-corrected chi connectivity index (χ4v) is 3.55. The molecule has 1 saturated heterocycles. The van der Waals surface area contributed by atoms with Gasteiger partial charge in [0.2, 0.25) is 0 Å². The molecule has 0 spiro atoms. The van der Waals surface area contributed by atoms with E-state index in [4.69, 9.17) is 10.00 Å². The Labute approximate surface area is 243 Å². The molecule has 0 saturated carbocycles. The summed E-state index contributed by atoms with van der Waals surface area (Å²) in [6.07, 6.45) is -1.86. The van der Waals surface area contributed by atoms with Gasteiger partial charge >= 0.3 is 12.3 Å². The van der Waals surface area contributed by atoms with E-state index in [2.05, 4.69) is 33.7 Å². The fraction of sp³-hybridized carbons (Fsp3) is 0.448. The summed E-state index contributed by atoms with van der Waals surface area (Å²) in [6.45, 7) is 15.2. The third kappa shape index (κ3) is 11.7. The van der Waals surface area contributed by atoms with E-state index < -0.39 is 12.3 Å². The van der Waals surface area contributed by atoms with E-state index in [9.17, 15) is 27.9 Å². The summed E-state index contributed by atoms with van der Waals surface area (Å²) in [4.78, 5) is 27.6. The number of H-pyrrole nitrogens is 2. The second-order valence-corrected chi connectivity index (χ2v) is 9.90. The number of nitriles is 1. The van der Waals surface area contributed by atoms with Crippen LogP contribution in [-0.4, -0.2) is 56.1 Å². The van der Waals surface area contributed by atoms with Crippen molar-refractivity contribution in [2.75, 3.05) is 18.4 Å². The van der Waals surface area contributed by atoms with E-state index in [1.54, 1.807) is 11.0 Å². The van der Waals surface area contributed by atoms with Crippen LogP contribution in [0.1, 0.15) is 65.0 Å². The van der Waals surface area contributed by atoms with Gasteiger partial charge in [0, 0.05) is 31.4 Å². The number of aliphatic hydroxyl groups is 1. The molecule has 0 radical (unpaired) electrons. The lowest BCUT2D eigenvalue weighted by Gasteiger charge is -2.29. The molecule has 4 N–H and O–H groups in total. The van der Waals surface area contributed by atoms with Crippen LogP contribution in [0.15, 0.2) is 54.5 Å². The van der Waals surface area contributed by atoms with E-state index in [0.717, 1.165) is 38.1 Å². The van der Waals surface area contributed by atoms with Crippen LogP contribution < -0.4 is 10.9 Å². The minimum Gasteiger partial charge on any atom is -0.444 e. The summed E-state index contributed by atoms with van der Waals surface area (Å²) in [5.74, 6) is 0.256. The summed E-state index contributed by atoms with van der Waals surface area (Å²) < 4.78 is 42.6. The number of halogens is 3. The zero-order valence-electron chi connectivity index (χ0n) is 24.3. The first-order valence-electron chi connectivity index (χ1n) is 13.3. The van der Waals surface area contributed by atoms with Gasteiger partial charge in [-0.05, 0) is 63.8 Å². The molecular weight excluding hydrogens is 553 g/mol. The SMILES string of the molecule is C=C.CC(C)(C)OC(=O)N1CCCCC1.CCC#N.O=c1[nH]ccc2[nH]nc(Nc3ccc([C@H](O)C(F)(F)F)cc3)c12. The standard InChI is InChI=1S/C14H11F3N4O2.C10H19NO2.C3H5N.C2H4/c15-14(16,17)11(22)7-1-3-8(4-2-7)19-12-10-9(20-21-12)5-6-18-13(10)23;1-10(2,3)13-9(12)11-7-5-4-6-8-11;1-2-3-4;1-2/h1-6,11,22H,(H,18,23)(H2,19,20,21);4-8H2,1-3H3;2H2,1H3;1-2H2/t11-;;;/m0.../s1. The van der Waals surface area contributed by atoms with E-state index in [0.29, 0.717) is 23.0 Å². The monoisotopic (exact) mass is 592 g/mol. The van der Waals surface area contributed by atoms with Crippen LogP contribution in [-0.2, 0) is 4.74 Å².